The maximum atomic E-state index is 11.9. The summed E-state index contributed by atoms with van der Waals surface area (Å²) in [6.07, 6.45) is 1.31. The van der Waals surface area contributed by atoms with Gasteiger partial charge in [-0.2, -0.15) is 5.10 Å². The molecule has 0 saturated carbocycles. The summed E-state index contributed by atoms with van der Waals surface area (Å²) in [7, 11) is 0. The lowest BCUT2D eigenvalue weighted by Crippen LogP contribution is -2.32. The first-order valence-electron chi connectivity index (χ1n) is 7.46. The SMILES string of the molecule is CCOc1cc(/C=N\NC(=O)C(=O)Nc2cc(Cl)ccc2Cl)ccc1O. The van der Waals surface area contributed by atoms with Crippen LogP contribution >= 0.6 is 23.2 Å². The summed E-state index contributed by atoms with van der Waals surface area (Å²) in [6, 6.07) is 9.01. The lowest BCUT2D eigenvalue weighted by molar-refractivity contribution is -0.136. The van der Waals surface area contributed by atoms with Crippen LogP contribution in [0.2, 0.25) is 10.0 Å². The number of ether oxygens (including phenoxy) is 1. The van der Waals surface area contributed by atoms with Crippen LogP contribution in [0.5, 0.6) is 11.5 Å². The molecule has 0 fully saturated rings. The van der Waals surface area contributed by atoms with Gasteiger partial charge in [-0.1, -0.05) is 23.2 Å². The average molecular weight is 396 g/mol. The molecule has 0 aliphatic carbocycles. The van der Waals surface area contributed by atoms with Crippen molar-refractivity contribution in [1.29, 1.82) is 0 Å². The number of nitrogens with zero attached hydrogens (tertiary/aromatic N) is 1. The van der Waals surface area contributed by atoms with E-state index < -0.39 is 11.8 Å². The van der Waals surface area contributed by atoms with Gasteiger partial charge < -0.3 is 15.2 Å². The molecule has 0 aliphatic rings. The minimum atomic E-state index is -0.985. The number of halogens is 2. The first-order chi connectivity index (χ1) is 12.4. The Morgan fingerprint density at radius 1 is 1.19 bits per heavy atom. The first kappa shape index (κ1) is 19.6. The van der Waals surface area contributed by atoms with Crippen LogP contribution in [0, 0.1) is 0 Å². The van der Waals surface area contributed by atoms with E-state index in [1.54, 1.807) is 25.1 Å². The molecule has 0 spiro atoms. The van der Waals surface area contributed by atoms with E-state index in [1.165, 1.54) is 24.4 Å². The minimum Gasteiger partial charge on any atom is -0.504 e. The van der Waals surface area contributed by atoms with E-state index in [0.717, 1.165) is 0 Å². The normalized spacial score (nSPS) is 10.6. The number of amides is 2. The zero-order valence-electron chi connectivity index (χ0n) is 13.6. The number of aromatic hydroxyl groups is 1. The Balaban J connectivity index is 1.97. The van der Waals surface area contributed by atoms with Crippen LogP contribution in [-0.4, -0.2) is 29.7 Å². The fourth-order valence-electron chi connectivity index (χ4n) is 1.87. The number of carbonyl (C=O) groups is 2. The molecule has 2 amide bonds. The molecular weight excluding hydrogens is 381 g/mol. The number of anilines is 1. The van der Waals surface area contributed by atoms with Crippen molar-refractivity contribution in [3.05, 3.63) is 52.0 Å². The molecule has 0 aliphatic heterocycles. The summed E-state index contributed by atoms with van der Waals surface area (Å²) in [5, 5.41) is 16.3. The van der Waals surface area contributed by atoms with Crippen molar-refractivity contribution in [2.45, 2.75) is 6.92 Å². The van der Waals surface area contributed by atoms with Crippen LogP contribution in [0.25, 0.3) is 0 Å². The van der Waals surface area contributed by atoms with Crippen LogP contribution in [0.1, 0.15) is 12.5 Å². The van der Waals surface area contributed by atoms with Gasteiger partial charge in [0.2, 0.25) is 0 Å². The highest BCUT2D eigenvalue weighted by atomic mass is 35.5. The van der Waals surface area contributed by atoms with Gasteiger partial charge in [-0.05, 0) is 48.9 Å². The Hall–Kier alpha value is -2.77. The van der Waals surface area contributed by atoms with Gasteiger partial charge in [-0.15, -0.1) is 0 Å². The fourth-order valence-corrected chi connectivity index (χ4v) is 2.21. The predicted octanol–water partition coefficient (Wildman–Crippen LogP) is 3.19. The fraction of sp³-hybridized carbons (Fsp3) is 0.118. The quantitative estimate of drug-likeness (QED) is 0.411. The number of nitrogens with one attached hydrogen (secondary N) is 2. The average Bonchev–Trinajstić information content (AvgIpc) is 2.61. The zero-order chi connectivity index (χ0) is 19.1. The summed E-state index contributed by atoms with van der Waals surface area (Å²) in [4.78, 5) is 23.6. The molecule has 0 unspecified atom stereocenters. The summed E-state index contributed by atoms with van der Waals surface area (Å²) < 4.78 is 5.24. The third-order valence-electron chi connectivity index (χ3n) is 3.05. The molecule has 3 N–H and O–H groups in total. The van der Waals surface area contributed by atoms with E-state index in [0.29, 0.717) is 17.2 Å². The van der Waals surface area contributed by atoms with E-state index in [4.69, 9.17) is 27.9 Å². The number of rotatable bonds is 5. The number of carbonyl (C=O) groups excluding carboxylic acids is 2. The molecule has 0 heterocycles. The van der Waals surface area contributed by atoms with Gasteiger partial charge in [0.05, 0.1) is 23.5 Å². The van der Waals surface area contributed by atoms with Crippen LogP contribution in [0.3, 0.4) is 0 Å². The summed E-state index contributed by atoms with van der Waals surface area (Å²) >= 11 is 11.7. The topological polar surface area (TPSA) is 100 Å². The first-order valence-corrected chi connectivity index (χ1v) is 8.21. The molecule has 2 rings (SSSR count). The van der Waals surface area contributed by atoms with E-state index in [9.17, 15) is 14.7 Å². The van der Waals surface area contributed by atoms with E-state index in [-0.39, 0.29) is 22.2 Å². The summed E-state index contributed by atoms with van der Waals surface area (Å²) in [5.74, 6) is -1.66. The predicted molar refractivity (Wildman–Crippen MR) is 100 cm³/mol. The molecular formula is C17H15Cl2N3O4. The van der Waals surface area contributed by atoms with Crippen molar-refractivity contribution < 1.29 is 19.4 Å². The highest BCUT2D eigenvalue weighted by Crippen LogP contribution is 2.26. The van der Waals surface area contributed by atoms with Gasteiger partial charge in [-0.3, -0.25) is 9.59 Å². The van der Waals surface area contributed by atoms with Gasteiger partial charge in [-0.25, -0.2) is 5.43 Å². The lowest BCUT2D eigenvalue weighted by Gasteiger charge is -2.07. The Kier molecular flexibility index (Phi) is 6.82. The van der Waals surface area contributed by atoms with E-state index in [1.807, 2.05) is 0 Å². The van der Waals surface area contributed by atoms with Gasteiger partial charge >= 0.3 is 11.8 Å². The van der Waals surface area contributed by atoms with E-state index in [2.05, 4.69) is 15.8 Å². The van der Waals surface area contributed by atoms with Gasteiger partial charge in [0.15, 0.2) is 11.5 Å². The van der Waals surface area contributed by atoms with Crippen LogP contribution in [0.15, 0.2) is 41.5 Å². The monoisotopic (exact) mass is 395 g/mol. The number of hydrogen-bond acceptors (Lipinski definition) is 5. The van der Waals surface area contributed by atoms with Crippen molar-refractivity contribution in [3.63, 3.8) is 0 Å². The molecule has 7 nitrogen and oxygen atoms in total. The Labute approximate surface area is 159 Å². The van der Waals surface area contributed by atoms with Crippen molar-refractivity contribution in [3.8, 4) is 11.5 Å². The molecule has 136 valence electrons. The van der Waals surface area contributed by atoms with Gasteiger partial charge in [0.25, 0.3) is 0 Å². The van der Waals surface area contributed by atoms with Crippen molar-refractivity contribution in [1.82, 2.24) is 5.43 Å². The minimum absolute atomic E-state index is 0.00851. The van der Waals surface area contributed by atoms with Crippen LogP contribution in [-0.2, 0) is 9.59 Å². The number of hydrogen-bond donors (Lipinski definition) is 3. The lowest BCUT2D eigenvalue weighted by atomic mass is 10.2. The van der Waals surface area contributed by atoms with Crippen LogP contribution in [0.4, 0.5) is 5.69 Å². The molecule has 0 atom stereocenters. The Morgan fingerprint density at radius 2 is 1.96 bits per heavy atom. The molecule has 0 bridgehead atoms. The van der Waals surface area contributed by atoms with Gasteiger partial charge in [0.1, 0.15) is 0 Å². The summed E-state index contributed by atoms with van der Waals surface area (Å²) in [6.45, 7) is 2.17. The van der Waals surface area contributed by atoms with Crippen LogP contribution < -0.4 is 15.5 Å². The molecule has 0 saturated heterocycles. The number of hydrazone groups is 1. The second-order valence-electron chi connectivity index (χ2n) is 4.94. The summed E-state index contributed by atoms with van der Waals surface area (Å²) in [5.41, 5.74) is 2.86. The third kappa shape index (κ3) is 5.37. The largest absolute Gasteiger partial charge is 0.504 e. The highest BCUT2D eigenvalue weighted by Gasteiger charge is 2.14. The van der Waals surface area contributed by atoms with Crippen molar-refractivity contribution >= 4 is 46.9 Å². The number of benzene rings is 2. The maximum absolute atomic E-state index is 11.9. The molecule has 0 radical (unpaired) electrons. The smallest absolute Gasteiger partial charge is 0.329 e. The van der Waals surface area contributed by atoms with E-state index >= 15 is 0 Å². The van der Waals surface area contributed by atoms with Crippen molar-refractivity contribution in [2.24, 2.45) is 5.10 Å². The zero-order valence-corrected chi connectivity index (χ0v) is 15.1. The maximum Gasteiger partial charge on any atom is 0.329 e. The third-order valence-corrected chi connectivity index (χ3v) is 3.61. The Morgan fingerprint density at radius 3 is 2.69 bits per heavy atom. The van der Waals surface area contributed by atoms with Crippen molar-refractivity contribution in [2.75, 3.05) is 11.9 Å². The molecule has 26 heavy (non-hydrogen) atoms. The molecule has 2 aromatic carbocycles. The molecule has 9 heteroatoms. The molecule has 0 aromatic heterocycles. The number of phenols is 1. The Bertz CT molecular complexity index is 856. The highest BCUT2D eigenvalue weighted by molar-refractivity contribution is 6.42. The second kappa shape index (κ2) is 9.07. The molecule has 2 aromatic rings. The number of phenolic OH excluding ortho intramolecular Hbond substituents is 1. The standard InChI is InChI=1S/C17H15Cl2N3O4/c1-2-26-15-7-10(3-6-14(15)23)9-20-22-17(25)16(24)21-13-8-11(18)4-5-12(13)19/h3-9,23H,2H2,1H3,(H,21,24)(H,22,25)/b20-9-. The van der Waals surface area contributed by atoms with Gasteiger partial charge in [0, 0.05) is 5.02 Å². The second-order valence-corrected chi connectivity index (χ2v) is 5.78.